The predicted octanol–water partition coefficient (Wildman–Crippen LogP) is 2.89. The van der Waals surface area contributed by atoms with E-state index in [1.807, 2.05) is 0 Å². The Morgan fingerprint density at radius 1 is 1.08 bits per heavy atom. The van der Waals surface area contributed by atoms with Crippen LogP contribution >= 0.6 is 0 Å². The van der Waals surface area contributed by atoms with Crippen molar-refractivity contribution >= 4 is 11.1 Å². The molecule has 4 aliphatic rings. The van der Waals surface area contributed by atoms with Gasteiger partial charge in [0.05, 0.1) is 0 Å². The molecule has 4 aliphatic carbocycles. The molecule has 5 rings (SSSR count). The van der Waals surface area contributed by atoms with E-state index < -0.39 is 0 Å². The maximum Gasteiger partial charge on any atom is 0.0364 e. The van der Waals surface area contributed by atoms with Gasteiger partial charge in [0.15, 0.2) is 0 Å². The highest BCUT2D eigenvalue weighted by Crippen LogP contribution is 2.66. The van der Waals surface area contributed by atoms with Gasteiger partial charge in [-0.2, -0.15) is 0 Å². The molecule has 0 amide bonds. The number of hydrogen-bond donors (Lipinski definition) is 0. The van der Waals surface area contributed by atoms with Gasteiger partial charge in [0, 0.05) is 5.92 Å². The highest BCUT2D eigenvalue weighted by molar-refractivity contribution is 6.08. The van der Waals surface area contributed by atoms with Gasteiger partial charge in [0.2, 0.25) is 0 Å². The van der Waals surface area contributed by atoms with Gasteiger partial charge in [-0.05, 0) is 57.2 Å². The second kappa shape index (κ2) is 1.24. The number of allylic oxidation sites excluding steroid dienone is 6. The third kappa shape index (κ3) is 0.330. The van der Waals surface area contributed by atoms with Gasteiger partial charge in [-0.15, -0.1) is 0 Å². The molecule has 0 nitrogen and oxygen atoms in total. The van der Waals surface area contributed by atoms with Crippen LogP contribution in [0.5, 0.6) is 0 Å². The lowest BCUT2D eigenvalue weighted by atomic mass is 9.57. The molecule has 0 heterocycles. The van der Waals surface area contributed by atoms with Crippen LogP contribution in [0.2, 0.25) is 0 Å². The number of hydrogen-bond acceptors (Lipinski definition) is 0. The zero-order chi connectivity index (χ0) is 8.15. The molecule has 0 saturated carbocycles. The van der Waals surface area contributed by atoms with Crippen molar-refractivity contribution in [3.63, 3.8) is 0 Å². The summed E-state index contributed by atoms with van der Waals surface area (Å²) in [4.78, 5) is 0. The molecule has 13 heavy (non-hydrogen) atoms. The lowest BCUT2D eigenvalue weighted by Gasteiger charge is -2.45. The molecule has 58 valence electrons. The van der Waals surface area contributed by atoms with E-state index in [9.17, 15) is 0 Å². The summed E-state index contributed by atoms with van der Waals surface area (Å²) in [6, 6.07) is 6.92. The Morgan fingerprint density at radius 3 is 3.08 bits per heavy atom. The zero-order valence-corrected chi connectivity index (χ0v) is 6.96. The lowest BCUT2D eigenvalue weighted by molar-refractivity contribution is 0.895. The number of rotatable bonds is 0. The van der Waals surface area contributed by atoms with E-state index in [1.165, 1.54) is 22.3 Å². The van der Waals surface area contributed by atoms with Crippen LogP contribution in [0.3, 0.4) is 0 Å². The Kier molecular flexibility index (Phi) is 0.497. The monoisotopic (exact) mass is 162 g/mol. The lowest BCUT2D eigenvalue weighted by Crippen LogP contribution is -2.27. The average Bonchev–Trinajstić information content (AvgIpc) is 2.43. The third-order valence-corrected chi connectivity index (χ3v) is 3.80. The Bertz CT molecular complexity index is 594. The highest BCUT2D eigenvalue weighted by atomic mass is 14.5. The number of fused-ring (bicyclic) bond motifs is 4. The van der Waals surface area contributed by atoms with Gasteiger partial charge in [0.1, 0.15) is 0 Å². The van der Waals surface area contributed by atoms with Gasteiger partial charge >= 0.3 is 0 Å². The predicted molar refractivity (Wildman–Crippen MR) is 52.2 cm³/mol. The molecule has 0 N–H and O–H groups in total. The summed E-state index contributed by atoms with van der Waals surface area (Å²) < 4.78 is 0. The molecule has 0 fully saturated rings. The standard InChI is InChI=1S/C13H6/c1-2-8-9-3-6(1)7-4-10-11(5-7)13(9)12(8)10/h1-5,12H. The molecular weight excluding hydrogens is 156 g/mol. The molecule has 0 heteroatoms. The molecule has 1 aromatic rings. The minimum atomic E-state index is 0.702. The van der Waals surface area contributed by atoms with Gasteiger partial charge in [0.25, 0.3) is 0 Å². The largest absolute Gasteiger partial charge is 0.0569 e. The topological polar surface area (TPSA) is 0 Å². The summed E-state index contributed by atoms with van der Waals surface area (Å²) in [6.07, 6.45) is 4.72. The van der Waals surface area contributed by atoms with E-state index in [0.717, 1.165) is 0 Å². The summed E-state index contributed by atoms with van der Waals surface area (Å²) in [5, 5.41) is 0. The van der Waals surface area contributed by atoms with Crippen molar-refractivity contribution in [3.05, 3.63) is 58.2 Å². The van der Waals surface area contributed by atoms with Crippen LogP contribution in [-0.4, -0.2) is 0 Å². The molecule has 0 radical (unpaired) electrons. The Labute approximate surface area is 75.9 Å². The highest BCUT2D eigenvalue weighted by Gasteiger charge is 2.48. The van der Waals surface area contributed by atoms with Crippen LogP contribution < -0.4 is 0 Å². The molecule has 1 atom stereocenters. The van der Waals surface area contributed by atoms with Gasteiger partial charge in [-0.3, -0.25) is 0 Å². The van der Waals surface area contributed by atoms with Gasteiger partial charge in [-0.1, -0.05) is 12.1 Å². The average molecular weight is 162 g/mol. The fourth-order valence-corrected chi connectivity index (χ4v) is 3.16. The molecule has 1 aromatic carbocycles. The Hall–Kier alpha value is -1.56. The van der Waals surface area contributed by atoms with Crippen molar-refractivity contribution < 1.29 is 0 Å². The van der Waals surface area contributed by atoms with E-state index in [4.69, 9.17) is 0 Å². The summed E-state index contributed by atoms with van der Waals surface area (Å²) in [5.74, 6) is 0.702. The summed E-state index contributed by atoms with van der Waals surface area (Å²) in [5.41, 5.74) is 10.7. The fourth-order valence-electron chi connectivity index (χ4n) is 3.16. The number of benzene rings is 1. The molecular formula is C13H6. The summed E-state index contributed by atoms with van der Waals surface area (Å²) >= 11 is 0. The normalized spacial score (nSPS) is 27.8. The summed E-state index contributed by atoms with van der Waals surface area (Å²) in [6.45, 7) is 0. The van der Waals surface area contributed by atoms with Crippen molar-refractivity contribution in [3.8, 4) is 0 Å². The molecule has 1 unspecified atom stereocenters. The maximum atomic E-state index is 2.37. The molecule has 0 aromatic heterocycles. The van der Waals surface area contributed by atoms with Crippen LogP contribution in [0.15, 0.2) is 41.5 Å². The minimum absolute atomic E-state index is 0.702. The van der Waals surface area contributed by atoms with Crippen LogP contribution in [0, 0.1) is 0 Å². The van der Waals surface area contributed by atoms with Crippen LogP contribution in [0.1, 0.15) is 22.6 Å². The van der Waals surface area contributed by atoms with Crippen molar-refractivity contribution in [1.82, 2.24) is 0 Å². The van der Waals surface area contributed by atoms with Crippen LogP contribution in [0.4, 0.5) is 0 Å². The first-order valence-corrected chi connectivity index (χ1v) is 4.76. The van der Waals surface area contributed by atoms with E-state index in [2.05, 4.69) is 30.4 Å². The molecule has 0 spiro atoms. The van der Waals surface area contributed by atoms with Gasteiger partial charge < -0.3 is 0 Å². The minimum Gasteiger partial charge on any atom is -0.0569 e. The van der Waals surface area contributed by atoms with E-state index in [1.54, 1.807) is 16.7 Å². The smallest absolute Gasteiger partial charge is 0.0364 e. The fraction of sp³-hybridized carbons (Fsp3) is 0.0769. The van der Waals surface area contributed by atoms with Crippen molar-refractivity contribution in [2.75, 3.05) is 0 Å². The Balaban J connectivity index is 2.20. The van der Waals surface area contributed by atoms with E-state index >= 15 is 0 Å². The van der Waals surface area contributed by atoms with E-state index in [-0.39, 0.29) is 0 Å². The molecule has 0 aliphatic heterocycles. The SMILES string of the molecule is C1=C2C=C3C1=C1c4cc2ccc4C31. The Morgan fingerprint density at radius 2 is 2.08 bits per heavy atom. The first-order valence-electron chi connectivity index (χ1n) is 4.76. The summed E-state index contributed by atoms with van der Waals surface area (Å²) in [7, 11) is 0. The van der Waals surface area contributed by atoms with Gasteiger partial charge in [-0.25, -0.2) is 0 Å². The maximum absolute atomic E-state index is 2.37. The first kappa shape index (κ1) is 5.23. The third-order valence-electron chi connectivity index (χ3n) is 3.80. The van der Waals surface area contributed by atoms with Crippen LogP contribution in [0.25, 0.3) is 11.1 Å². The molecule has 0 saturated heterocycles. The van der Waals surface area contributed by atoms with Crippen molar-refractivity contribution in [1.29, 1.82) is 0 Å². The first-order chi connectivity index (χ1) is 6.43. The van der Waals surface area contributed by atoms with Crippen LogP contribution in [-0.2, 0) is 0 Å². The van der Waals surface area contributed by atoms with Crippen molar-refractivity contribution in [2.45, 2.75) is 5.92 Å². The van der Waals surface area contributed by atoms with Crippen molar-refractivity contribution in [2.24, 2.45) is 0 Å². The second-order valence-electron chi connectivity index (χ2n) is 4.26. The quantitative estimate of drug-likeness (QED) is 0.550. The zero-order valence-electron chi connectivity index (χ0n) is 6.96. The second-order valence-corrected chi connectivity index (χ2v) is 4.26. The molecule has 4 bridgehead atoms. The van der Waals surface area contributed by atoms with E-state index in [0.29, 0.717) is 5.92 Å².